The Bertz CT molecular complexity index is 888. The molecule has 1 unspecified atom stereocenters. The van der Waals surface area contributed by atoms with Gasteiger partial charge in [-0.2, -0.15) is 0 Å². The fourth-order valence-corrected chi connectivity index (χ4v) is 5.19. The van der Waals surface area contributed by atoms with E-state index in [1.165, 1.54) is 13.0 Å². The minimum Gasteiger partial charge on any atom is -0.459 e. The molecule has 0 saturated carbocycles. The van der Waals surface area contributed by atoms with Gasteiger partial charge in [-0.3, -0.25) is 9.59 Å². The third-order valence-corrected chi connectivity index (χ3v) is 7.18. The van der Waals surface area contributed by atoms with Crippen molar-refractivity contribution in [3.05, 3.63) is 36.0 Å². The van der Waals surface area contributed by atoms with E-state index in [1.807, 2.05) is 39.8 Å². The Morgan fingerprint density at radius 2 is 1.92 bits per heavy atom. The Hall–Kier alpha value is -2.00. The molecule has 1 amide bonds. The Labute approximate surface area is 215 Å². The molecule has 8 heteroatoms. The third kappa shape index (κ3) is 7.75. The number of amides is 1. The van der Waals surface area contributed by atoms with Crippen molar-refractivity contribution in [3.63, 3.8) is 0 Å². The van der Waals surface area contributed by atoms with Crippen LogP contribution in [-0.4, -0.2) is 71.4 Å². The summed E-state index contributed by atoms with van der Waals surface area (Å²) in [7, 11) is 0. The van der Waals surface area contributed by atoms with Gasteiger partial charge in [0.05, 0.1) is 30.5 Å². The van der Waals surface area contributed by atoms with Crippen molar-refractivity contribution in [1.29, 1.82) is 0 Å². The van der Waals surface area contributed by atoms with Gasteiger partial charge < -0.3 is 29.4 Å². The van der Waals surface area contributed by atoms with Crippen LogP contribution in [0.1, 0.15) is 67.7 Å². The van der Waals surface area contributed by atoms with Crippen LogP contribution in [0.5, 0.6) is 0 Å². The van der Waals surface area contributed by atoms with Gasteiger partial charge in [-0.15, -0.1) is 0 Å². The van der Waals surface area contributed by atoms with Gasteiger partial charge in [0.1, 0.15) is 23.9 Å². The number of rotatable bonds is 8. The molecule has 0 aliphatic carbocycles. The lowest BCUT2D eigenvalue weighted by atomic mass is 9.83. The normalized spacial score (nSPS) is 37.3. The molecule has 3 aliphatic heterocycles. The Morgan fingerprint density at radius 3 is 2.56 bits per heavy atom. The number of carbonyl (C=O) groups is 2. The van der Waals surface area contributed by atoms with Gasteiger partial charge in [-0.1, -0.05) is 30.7 Å². The zero-order valence-corrected chi connectivity index (χ0v) is 22.7. The van der Waals surface area contributed by atoms with Gasteiger partial charge in [-0.05, 0) is 59.5 Å². The molecule has 3 rings (SSSR count). The van der Waals surface area contributed by atoms with E-state index in [2.05, 4.69) is 18.3 Å². The standard InChI is InChI=1S/C28H43NO7/c1-17(9-12-24-26(32)28(16-33-28)15-27(6,7)36-24)8-11-23-18(2)14-22(20(4)35-23)29-25(31)13-10-19(3)34-21(5)30/h8-10,12-13,18-20,22-24,26,32H,11,14-16H2,1-7H3,(H,29,31)/b12-9+,13-10-,17-8+/t18-,19+,20+,22+,23-,24+,26+,28?/m0/s1. The number of aliphatic hydroxyl groups is 1. The maximum atomic E-state index is 12.3. The second-order valence-electron chi connectivity index (χ2n) is 11.2. The predicted octanol–water partition coefficient (Wildman–Crippen LogP) is 3.38. The number of hydrogen-bond donors (Lipinski definition) is 2. The molecule has 3 fully saturated rings. The van der Waals surface area contributed by atoms with Gasteiger partial charge in [-0.25, -0.2) is 0 Å². The van der Waals surface area contributed by atoms with Gasteiger partial charge in [0.25, 0.3) is 0 Å². The molecule has 0 radical (unpaired) electrons. The van der Waals surface area contributed by atoms with E-state index in [0.29, 0.717) is 13.0 Å². The third-order valence-electron chi connectivity index (χ3n) is 7.18. The molecule has 0 aromatic carbocycles. The Kier molecular flexibility index (Phi) is 9.20. The van der Waals surface area contributed by atoms with Crippen LogP contribution in [-0.2, 0) is 28.5 Å². The average molecular weight is 506 g/mol. The van der Waals surface area contributed by atoms with Crippen LogP contribution in [0.15, 0.2) is 36.0 Å². The van der Waals surface area contributed by atoms with Crippen LogP contribution in [0.3, 0.4) is 0 Å². The first-order valence-electron chi connectivity index (χ1n) is 13.0. The number of ether oxygens (including phenoxy) is 4. The summed E-state index contributed by atoms with van der Waals surface area (Å²) in [6.07, 6.45) is 9.71. The maximum Gasteiger partial charge on any atom is 0.303 e. The van der Waals surface area contributed by atoms with E-state index in [-0.39, 0.29) is 41.6 Å². The highest BCUT2D eigenvalue weighted by Gasteiger charge is 2.60. The van der Waals surface area contributed by atoms with Crippen LogP contribution in [0.4, 0.5) is 0 Å². The number of aliphatic hydroxyl groups excluding tert-OH is 1. The first kappa shape index (κ1) is 28.6. The lowest BCUT2D eigenvalue weighted by Gasteiger charge is -2.41. The van der Waals surface area contributed by atoms with E-state index < -0.39 is 23.9 Å². The molecule has 0 aromatic heterocycles. The zero-order chi connectivity index (χ0) is 26.7. The second kappa shape index (κ2) is 11.6. The highest BCUT2D eigenvalue weighted by atomic mass is 16.6. The van der Waals surface area contributed by atoms with E-state index >= 15 is 0 Å². The Balaban J connectivity index is 1.49. The molecule has 2 N–H and O–H groups in total. The topological polar surface area (TPSA) is 107 Å². The van der Waals surface area contributed by atoms with Crippen LogP contribution in [0.2, 0.25) is 0 Å². The highest BCUT2D eigenvalue weighted by Crippen LogP contribution is 2.46. The summed E-state index contributed by atoms with van der Waals surface area (Å²) < 4.78 is 23.0. The summed E-state index contributed by atoms with van der Waals surface area (Å²) >= 11 is 0. The van der Waals surface area contributed by atoms with Crippen LogP contribution < -0.4 is 5.32 Å². The van der Waals surface area contributed by atoms with E-state index in [0.717, 1.165) is 18.4 Å². The summed E-state index contributed by atoms with van der Waals surface area (Å²) in [6.45, 7) is 13.8. The van der Waals surface area contributed by atoms with Crippen LogP contribution in [0, 0.1) is 5.92 Å². The number of esters is 1. The fraction of sp³-hybridized carbons (Fsp3) is 0.714. The van der Waals surface area contributed by atoms with Crippen molar-refractivity contribution in [3.8, 4) is 0 Å². The maximum absolute atomic E-state index is 12.3. The molecule has 3 saturated heterocycles. The van der Waals surface area contributed by atoms with Crippen molar-refractivity contribution in [2.24, 2.45) is 5.92 Å². The minimum absolute atomic E-state index is 0.0506. The van der Waals surface area contributed by atoms with E-state index in [1.54, 1.807) is 13.0 Å². The average Bonchev–Trinajstić information content (AvgIpc) is 3.54. The molecule has 8 nitrogen and oxygen atoms in total. The number of nitrogens with one attached hydrogen (secondary N) is 1. The van der Waals surface area contributed by atoms with Gasteiger partial charge in [0, 0.05) is 19.4 Å². The monoisotopic (exact) mass is 505 g/mol. The summed E-state index contributed by atoms with van der Waals surface area (Å²) in [5.74, 6) is -0.346. The number of allylic oxidation sites excluding steroid dienone is 2. The molecular weight excluding hydrogens is 462 g/mol. The second-order valence-corrected chi connectivity index (χ2v) is 11.2. The molecule has 36 heavy (non-hydrogen) atoms. The molecule has 0 aromatic rings. The first-order chi connectivity index (χ1) is 16.8. The smallest absolute Gasteiger partial charge is 0.303 e. The van der Waals surface area contributed by atoms with Crippen molar-refractivity contribution in [2.45, 2.75) is 115 Å². The van der Waals surface area contributed by atoms with Crippen LogP contribution in [0.25, 0.3) is 0 Å². The number of carbonyl (C=O) groups excluding carboxylic acids is 2. The zero-order valence-electron chi connectivity index (χ0n) is 22.7. The largest absolute Gasteiger partial charge is 0.459 e. The van der Waals surface area contributed by atoms with Gasteiger partial charge in [0.15, 0.2) is 0 Å². The van der Waals surface area contributed by atoms with Crippen molar-refractivity contribution >= 4 is 11.9 Å². The Morgan fingerprint density at radius 1 is 1.22 bits per heavy atom. The minimum atomic E-state index is -0.663. The summed E-state index contributed by atoms with van der Waals surface area (Å²) in [5, 5.41) is 13.7. The SMILES string of the molecule is CC(=O)O[C@H](C)/C=C\C(=O)N[C@@H]1C[C@H](C)[C@H](C/C=C(C)/C=C/[C@H]2OC(C)(C)CC3(CO3)[C@@H]2O)O[C@@H]1C. The van der Waals surface area contributed by atoms with E-state index in [9.17, 15) is 14.7 Å². The lowest BCUT2D eigenvalue weighted by Crippen LogP contribution is -2.53. The van der Waals surface area contributed by atoms with Gasteiger partial charge in [0.2, 0.25) is 5.91 Å². The van der Waals surface area contributed by atoms with E-state index in [4.69, 9.17) is 18.9 Å². The predicted molar refractivity (Wildman–Crippen MR) is 136 cm³/mol. The van der Waals surface area contributed by atoms with Crippen molar-refractivity contribution in [1.82, 2.24) is 5.32 Å². The summed E-state index contributed by atoms with van der Waals surface area (Å²) in [6, 6.07) is -0.0901. The number of epoxide rings is 1. The fourth-order valence-electron chi connectivity index (χ4n) is 5.19. The molecule has 3 aliphatic rings. The lowest BCUT2D eigenvalue weighted by molar-refractivity contribution is -0.171. The van der Waals surface area contributed by atoms with Crippen molar-refractivity contribution < 1.29 is 33.6 Å². The molecule has 0 bridgehead atoms. The molecule has 202 valence electrons. The van der Waals surface area contributed by atoms with Crippen molar-refractivity contribution in [2.75, 3.05) is 6.61 Å². The molecule has 1 spiro atoms. The number of hydrogen-bond acceptors (Lipinski definition) is 7. The molecule has 8 atom stereocenters. The molecular formula is C28H43NO7. The summed E-state index contributed by atoms with van der Waals surface area (Å²) in [5.41, 5.74) is 0.274. The molecule has 3 heterocycles. The quantitative estimate of drug-likeness (QED) is 0.225. The first-order valence-corrected chi connectivity index (χ1v) is 13.0. The van der Waals surface area contributed by atoms with Gasteiger partial charge >= 0.3 is 5.97 Å². The van der Waals surface area contributed by atoms with Crippen LogP contribution >= 0.6 is 0 Å². The summed E-state index contributed by atoms with van der Waals surface area (Å²) in [4.78, 5) is 23.3. The highest BCUT2D eigenvalue weighted by molar-refractivity contribution is 5.87.